The van der Waals surface area contributed by atoms with Crippen molar-refractivity contribution in [2.24, 2.45) is 0 Å². The molecule has 0 fully saturated rings. The Morgan fingerprint density at radius 1 is 0.860 bits per heavy atom. The number of anilines is 2. The highest BCUT2D eigenvalue weighted by atomic mass is 17.1. The van der Waals surface area contributed by atoms with Gasteiger partial charge in [0.15, 0.2) is 0 Å². The number of carbonyl (C=O) groups excluding carboxylic acids is 1. The fraction of sp³-hybridized carbons (Fsp3) is 0.133. The first-order valence-electron chi connectivity index (χ1n) is 12.8. The molecule has 4 aromatic rings. The van der Waals surface area contributed by atoms with E-state index in [1.165, 1.54) is 18.2 Å². The number of nitrogens with zero attached hydrogens (tertiary/aromatic N) is 1. The number of carboxylic acids is 1. The van der Waals surface area contributed by atoms with Crippen LogP contribution >= 0.6 is 0 Å². The zero-order valence-corrected chi connectivity index (χ0v) is 22.8. The first-order chi connectivity index (χ1) is 20.8. The molecule has 43 heavy (non-hydrogen) atoms. The molecule has 0 bridgehead atoms. The predicted octanol–water partition coefficient (Wildman–Crippen LogP) is 5.80. The third-order valence-corrected chi connectivity index (χ3v) is 6.25. The zero-order chi connectivity index (χ0) is 30.8. The SMILES string of the molecule is Cc1cccc(COO)c1CONc1ccc(OCOc2ccc(NC(=O)c3c(C(=O)O)cccc3[N+](=O)[O-])cc2)cc1. The van der Waals surface area contributed by atoms with E-state index < -0.39 is 33.6 Å². The lowest BCUT2D eigenvalue weighted by Gasteiger charge is -2.13. The Balaban J connectivity index is 1.26. The van der Waals surface area contributed by atoms with E-state index in [1.54, 1.807) is 36.4 Å². The number of nitrogens with one attached hydrogen (secondary N) is 2. The Kier molecular flexibility index (Phi) is 10.2. The number of aryl methyl sites for hydroxylation is 1. The number of aromatic carboxylic acids is 1. The van der Waals surface area contributed by atoms with Crippen LogP contribution in [-0.2, 0) is 22.9 Å². The second kappa shape index (κ2) is 14.4. The molecule has 0 heterocycles. The molecule has 0 aromatic heterocycles. The lowest BCUT2D eigenvalue weighted by Crippen LogP contribution is -2.18. The number of carbonyl (C=O) groups is 2. The summed E-state index contributed by atoms with van der Waals surface area (Å²) in [5, 5.41) is 31.9. The van der Waals surface area contributed by atoms with Crippen LogP contribution in [0.2, 0.25) is 0 Å². The molecule has 0 saturated heterocycles. The van der Waals surface area contributed by atoms with Crippen molar-refractivity contribution in [3.8, 4) is 11.5 Å². The number of hydrogen-bond acceptors (Lipinski definition) is 10. The molecule has 0 spiro atoms. The minimum absolute atomic E-state index is 0.0611. The largest absolute Gasteiger partial charge is 0.478 e. The van der Waals surface area contributed by atoms with Gasteiger partial charge >= 0.3 is 5.97 Å². The number of rotatable bonds is 14. The van der Waals surface area contributed by atoms with Gasteiger partial charge in [0, 0.05) is 11.8 Å². The summed E-state index contributed by atoms with van der Waals surface area (Å²) in [6.45, 7) is 2.15. The normalized spacial score (nSPS) is 10.6. The standard InChI is InChI=1S/C30H27N3O10/c1-19-4-2-5-20(16-43-39)26(19)17-42-32-22-10-14-24(15-11-22)41-18-40-23-12-8-21(9-13-23)31-29(34)28-25(30(35)36)6-3-7-27(28)33(37)38/h2-15,32,39H,16-18H2,1H3,(H,31,34)(H,35,36). The van der Waals surface area contributed by atoms with E-state index in [9.17, 15) is 24.8 Å². The lowest BCUT2D eigenvalue weighted by atomic mass is 10.0. The van der Waals surface area contributed by atoms with Crippen molar-refractivity contribution in [2.75, 3.05) is 17.6 Å². The second-order valence-corrected chi connectivity index (χ2v) is 9.05. The van der Waals surface area contributed by atoms with Crippen LogP contribution in [0.1, 0.15) is 37.4 Å². The molecule has 0 radical (unpaired) electrons. The average Bonchev–Trinajstić information content (AvgIpc) is 2.99. The molecule has 0 atom stereocenters. The highest BCUT2D eigenvalue weighted by Crippen LogP contribution is 2.25. The van der Waals surface area contributed by atoms with Gasteiger partial charge in [-0.05, 0) is 78.2 Å². The van der Waals surface area contributed by atoms with E-state index in [1.807, 2.05) is 25.1 Å². The summed E-state index contributed by atoms with van der Waals surface area (Å²) >= 11 is 0. The number of carboxylic acid groups (broad SMARTS) is 1. The summed E-state index contributed by atoms with van der Waals surface area (Å²) in [5.74, 6) is -1.43. The van der Waals surface area contributed by atoms with E-state index >= 15 is 0 Å². The van der Waals surface area contributed by atoms with Gasteiger partial charge in [-0.25, -0.2) is 9.68 Å². The molecule has 4 N–H and O–H groups in total. The highest BCUT2D eigenvalue weighted by Gasteiger charge is 2.27. The molecule has 0 unspecified atom stereocenters. The quantitative estimate of drug-likeness (QED) is 0.0604. The number of nitro benzene ring substituents is 1. The van der Waals surface area contributed by atoms with Gasteiger partial charge in [-0.1, -0.05) is 24.3 Å². The molecule has 0 aliphatic heterocycles. The van der Waals surface area contributed by atoms with E-state index in [4.69, 9.17) is 19.6 Å². The number of amides is 1. The molecule has 0 aliphatic rings. The Morgan fingerprint density at radius 3 is 2.09 bits per heavy atom. The second-order valence-electron chi connectivity index (χ2n) is 9.05. The van der Waals surface area contributed by atoms with Gasteiger partial charge in [0.05, 0.1) is 16.2 Å². The van der Waals surface area contributed by atoms with Crippen molar-refractivity contribution in [1.82, 2.24) is 0 Å². The Labute approximate surface area is 245 Å². The summed E-state index contributed by atoms with van der Waals surface area (Å²) in [6, 6.07) is 22.1. The third kappa shape index (κ3) is 8.04. The summed E-state index contributed by atoms with van der Waals surface area (Å²) in [4.78, 5) is 44.6. The van der Waals surface area contributed by atoms with Crippen LogP contribution in [0.5, 0.6) is 11.5 Å². The van der Waals surface area contributed by atoms with Gasteiger partial charge in [-0.3, -0.25) is 30.5 Å². The van der Waals surface area contributed by atoms with Crippen LogP contribution in [0.3, 0.4) is 0 Å². The first-order valence-corrected chi connectivity index (χ1v) is 12.8. The first kappa shape index (κ1) is 30.5. The maximum absolute atomic E-state index is 12.7. The van der Waals surface area contributed by atoms with Crippen LogP contribution in [0.25, 0.3) is 0 Å². The highest BCUT2D eigenvalue weighted by molar-refractivity contribution is 6.13. The van der Waals surface area contributed by atoms with Crippen LogP contribution in [0, 0.1) is 17.0 Å². The average molecular weight is 590 g/mol. The molecule has 4 rings (SSSR count). The van der Waals surface area contributed by atoms with Crippen molar-refractivity contribution < 1.29 is 44.1 Å². The van der Waals surface area contributed by atoms with Gasteiger partial charge in [0.1, 0.15) is 30.3 Å². The van der Waals surface area contributed by atoms with Crippen molar-refractivity contribution in [2.45, 2.75) is 20.1 Å². The van der Waals surface area contributed by atoms with Gasteiger partial charge in [0.25, 0.3) is 11.6 Å². The molecule has 222 valence electrons. The van der Waals surface area contributed by atoms with Crippen LogP contribution < -0.4 is 20.3 Å². The van der Waals surface area contributed by atoms with Crippen molar-refractivity contribution in [3.63, 3.8) is 0 Å². The van der Waals surface area contributed by atoms with E-state index in [2.05, 4.69) is 15.7 Å². The van der Waals surface area contributed by atoms with Gasteiger partial charge in [0.2, 0.25) is 6.79 Å². The summed E-state index contributed by atoms with van der Waals surface area (Å²) in [6.07, 6.45) is 0. The van der Waals surface area contributed by atoms with Crippen molar-refractivity contribution in [3.05, 3.63) is 123 Å². The van der Waals surface area contributed by atoms with Gasteiger partial charge < -0.3 is 19.9 Å². The molecule has 1 amide bonds. The molecule has 0 aliphatic carbocycles. The fourth-order valence-electron chi connectivity index (χ4n) is 4.09. The minimum atomic E-state index is -1.46. The number of nitro groups is 1. The molecular formula is C30H27N3O10. The Morgan fingerprint density at radius 2 is 1.49 bits per heavy atom. The lowest BCUT2D eigenvalue weighted by molar-refractivity contribution is -0.385. The van der Waals surface area contributed by atoms with Gasteiger partial charge in [-0.15, -0.1) is 0 Å². The molecule has 4 aromatic carbocycles. The number of ether oxygens (including phenoxy) is 2. The van der Waals surface area contributed by atoms with Crippen LogP contribution in [0.15, 0.2) is 84.9 Å². The summed E-state index contributed by atoms with van der Waals surface area (Å²) in [5.41, 5.74) is 4.92. The molecule has 13 heteroatoms. The Bertz CT molecular complexity index is 1560. The summed E-state index contributed by atoms with van der Waals surface area (Å²) < 4.78 is 11.2. The zero-order valence-electron chi connectivity index (χ0n) is 22.8. The number of benzene rings is 4. The fourth-order valence-corrected chi connectivity index (χ4v) is 4.09. The molecule has 13 nitrogen and oxygen atoms in total. The molecule has 0 saturated carbocycles. The molecular weight excluding hydrogens is 562 g/mol. The minimum Gasteiger partial charge on any atom is -0.478 e. The van der Waals surface area contributed by atoms with E-state index in [0.29, 0.717) is 17.2 Å². The maximum atomic E-state index is 12.7. The number of hydrogen-bond donors (Lipinski definition) is 4. The topological polar surface area (TPSA) is 179 Å². The van der Waals surface area contributed by atoms with Crippen LogP contribution in [-0.4, -0.2) is 34.0 Å². The van der Waals surface area contributed by atoms with Gasteiger partial charge in [-0.2, -0.15) is 0 Å². The monoisotopic (exact) mass is 589 g/mol. The predicted molar refractivity (Wildman–Crippen MR) is 154 cm³/mol. The third-order valence-electron chi connectivity index (χ3n) is 6.25. The van der Waals surface area contributed by atoms with E-state index in [-0.39, 0.29) is 25.7 Å². The van der Waals surface area contributed by atoms with Crippen molar-refractivity contribution >= 4 is 28.9 Å². The smallest absolute Gasteiger partial charge is 0.336 e. The summed E-state index contributed by atoms with van der Waals surface area (Å²) in [7, 11) is 0. The van der Waals surface area contributed by atoms with Crippen molar-refractivity contribution in [1.29, 1.82) is 0 Å². The Hall–Kier alpha value is -5.50. The maximum Gasteiger partial charge on any atom is 0.336 e. The van der Waals surface area contributed by atoms with E-state index in [0.717, 1.165) is 28.8 Å². The van der Waals surface area contributed by atoms with Crippen LogP contribution in [0.4, 0.5) is 17.1 Å².